The highest BCUT2D eigenvalue weighted by Gasteiger charge is 2.17. The topological polar surface area (TPSA) is 41.6 Å². The van der Waals surface area contributed by atoms with Gasteiger partial charge in [0, 0.05) is 11.9 Å². The van der Waals surface area contributed by atoms with Crippen molar-refractivity contribution in [3.8, 4) is 0 Å². The molecule has 2 rings (SSSR count). The Morgan fingerprint density at radius 1 is 1.36 bits per heavy atom. The summed E-state index contributed by atoms with van der Waals surface area (Å²) < 4.78 is 0. The van der Waals surface area contributed by atoms with Crippen molar-refractivity contribution < 1.29 is 0 Å². The second-order valence-corrected chi connectivity index (χ2v) is 3.10. The largest absolute Gasteiger partial charge is 0.293 e. The molecule has 2 aliphatic rings. The van der Waals surface area contributed by atoms with Gasteiger partial charge >= 0.3 is 0 Å². The zero-order valence-electron chi connectivity index (χ0n) is 6.58. The molecule has 0 aromatic heterocycles. The molecule has 0 bridgehead atoms. The molecule has 3 heteroatoms. The van der Waals surface area contributed by atoms with Crippen LogP contribution in [0.5, 0.6) is 0 Å². The molecule has 2 N–H and O–H groups in total. The van der Waals surface area contributed by atoms with Crippen LogP contribution >= 0.6 is 0 Å². The predicted molar refractivity (Wildman–Crippen MR) is 44.9 cm³/mol. The number of nitrogens with two attached hydrogens (primary N) is 1. The summed E-state index contributed by atoms with van der Waals surface area (Å²) in [5, 5.41) is 1.77. The second kappa shape index (κ2) is 2.66. The third kappa shape index (κ3) is 1.16. The minimum Gasteiger partial charge on any atom is -0.293 e. The highest BCUT2D eigenvalue weighted by molar-refractivity contribution is 5.80. The number of nitrogens with zero attached hydrogens (tertiary/aromatic N) is 2. The van der Waals surface area contributed by atoms with E-state index in [0.717, 1.165) is 12.8 Å². The highest BCUT2D eigenvalue weighted by atomic mass is 15.4. The maximum atomic E-state index is 5.75. The predicted octanol–water partition coefficient (Wildman–Crippen LogP) is 1.03. The van der Waals surface area contributed by atoms with Crippen molar-refractivity contribution >= 4 is 6.21 Å². The molecular formula is C8H13N3. The molecule has 0 spiro atoms. The Morgan fingerprint density at radius 2 is 2.18 bits per heavy atom. The van der Waals surface area contributed by atoms with Gasteiger partial charge in [-0.1, -0.05) is 0 Å². The zero-order valence-corrected chi connectivity index (χ0v) is 6.58. The Morgan fingerprint density at radius 3 is 3.00 bits per heavy atom. The summed E-state index contributed by atoms with van der Waals surface area (Å²) in [5.41, 5.74) is 2.66. The SMILES string of the molecule is NN1CN=CC2=C1CCCC2. The number of hydrogen-bond acceptors (Lipinski definition) is 3. The third-order valence-electron chi connectivity index (χ3n) is 2.31. The molecule has 1 aliphatic carbocycles. The average molecular weight is 151 g/mol. The molecule has 60 valence electrons. The van der Waals surface area contributed by atoms with Gasteiger partial charge < -0.3 is 0 Å². The van der Waals surface area contributed by atoms with Gasteiger partial charge in [0.25, 0.3) is 0 Å². The van der Waals surface area contributed by atoms with Crippen molar-refractivity contribution in [1.29, 1.82) is 0 Å². The van der Waals surface area contributed by atoms with Gasteiger partial charge in [-0.25, -0.2) is 5.84 Å². The molecule has 0 radical (unpaired) electrons. The van der Waals surface area contributed by atoms with Crippen LogP contribution in [0.1, 0.15) is 25.7 Å². The Bertz CT molecular complexity index is 217. The second-order valence-electron chi connectivity index (χ2n) is 3.10. The number of rotatable bonds is 0. The van der Waals surface area contributed by atoms with Crippen molar-refractivity contribution in [1.82, 2.24) is 5.01 Å². The summed E-state index contributed by atoms with van der Waals surface area (Å²) in [6.07, 6.45) is 6.85. The Kier molecular flexibility index (Phi) is 1.66. The van der Waals surface area contributed by atoms with E-state index in [1.165, 1.54) is 24.1 Å². The first-order chi connectivity index (χ1) is 5.38. The van der Waals surface area contributed by atoms with Gasteiger partial charge in [-0.15, -0.1) is 0 Å². The lowest BCUT2D eigenvalue weighted by molar-refractivity contribution is 0.337. The van der Waals surface area contributed by atoms with Crippen LogP contribution in [0.4, 0.5) is 0 Å². The fourth-order valence-corrected chi connectivity index (χ4v) is 1.70. The van der Waals surface area contributed by atoms with Crippen LogP contribution in [0.2, 0.25) is 0 Å². The first-order valence-electron chi connectivity index (χ1n) is 4.12. The summed E-state index contributed by atoms with van der Waals surface area (Å²) in [4.78, 5) is 4.16. The fourth-order valence-electron chi connectivity index (χ4n) is 1.70. The van der Waals surface area contributed by atoms with Gasteiger partial charge in [-0.05, 0) is 31.3 Å². The maximum absolute atomic E-state index is 5.75. The van der Waals surface area contributed by atoms with E-state index in [9.17, 15) is 0 Å². The van der Waals surface area contributed by atoms with Crippen molar-refractivity contribution in [2.24, 2.45) is 10.8 Å². The molecule has 3 nitrogen and oxygen atoms in total. The summed E-state index contributed by atoms with van der Waals surface area (Å²) >= 11 is 0. The van der Waals surface area contributed by atoms with Gasteiger partial charge in [0.1, 0.15) is 6.67 Å². The molecule has 0 saturated carbocycles. The Balaban J connectivity index is 2.27. The van der Waals surface area contributed by atoms with Gasteiger partial charge in [0.15, 0.2) is 0 Å². The van der Waals surface area contributed by atoms with Gasteiger partial charge in [-0.3, -0.25) is 10.0 Å². The third-order valence-corrected chi connectivity index (χ3v) is 2.31. The maximum Gasteiger partial charge on any atom is 0.124 e. The number of aliphatic imine (C=N–C) groups is 1. The molecule has 0 unspecified atom stereocenters. The quantitative estimate of drug-likeness (QED) is 0.525. The number of allylic oxidation sites excluding steroid dienone is 2. The van der Waals surface area contributed by atoms with E-state index < -0.39 is 0 Å². The lowest BCUT2D eigenvalue weighted by atomic mass is 9.96. The van der Waals surface area contributed by atoms with Crippen LogP contribution in [0, 0.1) is 0 Å². The summed E-state index contributed by atoms with van der Waals surface area (Å²) in [7, 11) is 0. The minimum absolute atomic E-state index is 0.638. The van der Waals surface area contributed by atoms with E-state index in [1.807, 2.05) is 6.21 Å². The summed E-state index contributed by atoms with van der Waals surface area (Å²) in [6, 6.07) is 0. The van der Waals surface area contributed by atoms with Crippen molar-refractivity contribution in [3.05, 3.63) is 11.3 Å². The van der Waals surface area contributed by atoms with Crippen LogP contribution in [0.3, 0.4) is 0 Å². The molecule has 0 fully saturated rings. The first kappa shape index (κ1) is 6.85. The number of hydrazine groups is 1. The number of hydrogen-bond donors (Lipinski definition) is 1. The van der Waals surface area contributed by atoms with Crippen LogP contribution in [0.15, 0.2) is 16.3 Å². The van der Waals surface area contributed by atoms with Gasteiger partial charge in [0.2, 0.25) is 0 Å². The monoisotopic (exact) mass is 151 g/mol. The molecule has 0 saturated heterocycles. The molecule has 0 atom stereocenters. The van der Waals surface area contributed by atoms with E-state index in [-0.39, 0.29) is 0 Å². The van der Waals surface area contributed by atoms with Crippen molar-refractivity contribution in [3.63, 3.8) is 0 Å². The van der Waals surface area contributed by atoms with E-state index >= 15 is 0 Å². The zero-order chi connectivity index (χ0) is 7.68. The van der Waals surface area contributed by atoms with E-state index in [1.54, 1.807) is 5.01 Å². The van der Waals surface area contributed by atoms with E-state index in [4.69, 9.17) is 5.84 Å². The Labute approximate surface area is 66.6 Å². The fraction of sp³-hybridized carbons (Fsp3) is 0.625. The summed E-state index contributed by atoms with van der Waals surface area (Å²) in [6.45, 7) is 0.638. The summed E-state index contributed by atoms with van der Waals surface area (Å²) in [5.74, 6) is 5.75. The standard InChI is InChI=1S/C8H13N3/c9-11-6-10-5-7-3-1-2-4-8(7)11/h5H,1-4,6,9H2. The lowest BCUT2D eigenvalue weighted by Crippen LogP contribution is -2.34. The van der Waals surface area contributed by atoms with Gasteiger partial charge in [-0.2, -0.15) is 0 Å². The molecule has 11 heavy (non-hydrogen) atoms. The van der Waals surface area contributed by atoms with Crippen LogP contribution in [-0.2, 0) is 0 Å². The molecule has 0 aromatic rings. The van der Waals surface area contributed by atoms with E-state index in [0.29, 0.717) is 6.67 Å². The average Bonchev–Trinajstić information content (AvgIpc) is 2.06. The normalized spacial score (nSPS) is 23.9. The molecule has 0 amide bonds. The smallest absolute Gasteiger partial charge is 0.124 e. The molecule has 1 heterocycles. The van der Waals surface area contributed by atoms with Crippen molar-refractivity contribution in [2.75, 3.05) is 6.67 Å². The van der Waals surface area contributed by atoms with Crippen LogP contribution < -0.4 is 5.84 Å². The van der Waals surface area contributed by atoms with E-state index in [2.05, 4.69) is 4.99 Å². The Hall–Kier alpha value is -0.830. The minimum atomic E-state index is 0.638. The lowest BCUT2D eigenvalue weighted by Gasteiger charge is -2.28. The van der Waals surface area contributed by atoms with Crippen LogP contribution in [-0.4, -0.2) is 17.9 Å². The van der Waals surface area contributed by atoms with Crippen molar-refractivity contribution in [2.45, 2.75) is 25.7 Å². The molecule has 0 aromatic carbocycles. The van der Waals surface area contributed by atoms with Crippen LogP contribution in [0.25, 0.3) is 0 Å². The molecular weight excluding hydrogens is 138 g/mol. The van der Waals surface area contributed by atoms with Gasteiger partial charge in [0.05, 0.1) is 0 Å². The molecule has 1 aliphatic heterocycles. The highest BCUT2D eigenvalue weighted by Crippen LogP contribution is 2.26. The first-order valence-corrected chi connectivity index (χ1v) is 4.12.